The summed E-state index contributed by atoms with van der Waals surface area (Å²) in [5, 5.41) is 20.4. The number of nitro groups is 1. The van der Waals surface area contributed by atoms with Crippen LogP contribution in [0.1, 0.15) is 31.7 Å². The van der Waals surface area contributed by atoms with E-state index in [0.717, 1.165) is 35.3 Å². The van der Waals surface area contributed by atoms with Crippen LogP contribution in [0.5, 0.6) is 5.75 Å². The zero-order valence-corrected chi connectivity index (χ0v) is 17.3. The molecule has 0 N–H and O–H groups in total. The van der Waals surface area contributed by atoms with Crippen LogP contribution in [0.3, 0.4) is 0 Å². The number of hydrogen-bond acceptors (Lipinski definition) is 6. The second-order valence-electron chi connectivity index (χ2n) is 7.05. The van der Waals surface area contributed by atoms with Crippen LogP contribution < -0.4 is 4.74 Å². The molecular weight excluding hydrogens is 388 g/mol. The minimum absolute atomic E-state index is 0.0984. The van der Waals surface area contributed by atoms with Crippen LogP contribution in [0.15, 0.2) is 59.8 Å². The third-order valence-electron chi connectivity index (χ3n) is 4.32. The zero-order valence-electron chi connectivity index (χ0n) is 16.5. The van der Waals surface area contributed by atoms with Crippen LogP contribution in [0.25, 0.3) is 0 Å². The molecule has 0 aliphatic rings. The Kier molecular flexibility index (Phi) is 7.24. The fourth-order valence-corrected chi connectivity index (χ4v) is 3.64. The van der Waals surface area contributed by atoms with Gasteiger partial charge >= 0.3 is 0 Å². The number of benzene rings is 2. The average Bonchev–Trinajstić information content (AvgIpc) is 3.11. The van der Waals surface area contributed by atoms with Gasteiger partial charge in [-0.25, -0.2) is 0 Å². The first kappa shape index (κ1) is 20.9. The van der Waals surface area contributed by atoms with Crippen LogP contribution in [0.2, 0.25) is 0 Å². The lowest BCUT2D eigenvalue weighted by molar-refractivity contribution is -0.384. The molecule has 0 spiro atoms. The number of hydrogen-bond donors (Lipinski definition) is 0. The number of thioether (sulfide) groups is 1. The molecule has 3 rings (SSSR count). The Bertz CT molecular complexity index is 944. The Morgan fingerprint density at radius 2 is 1.93 bits per heavy atom. The fourth-order valence-electron chi connectivity index (χ4n) is 2.72. The summed E-state index contributed by atoms with van der Waals surface area (Å²) in [4.78, 5) is 10.6. The average molecular weight is 413 g/mol. The molecule has 1 heterocycles. The van der Waals surface area contributed by atoms with Gasteiger partial charge in [-0.05, 0) is 30.0 Å². The smallest absolute Gasteiger partial charge is 0.269 e. The Morgan fingerprint density at radius 1 is 1.14 bits per heavy atom. The molecule has 0 radical (unpaired) electrons. The summed E-state index contributed by atoms with van der Waals surface area (Å²) < 4.78 is 7.94. The van der Waals surface area contributed by atoms with Crippen molar-refractivity contribution in [3.8, 4) is 5.75 Å². The molecule has 0 bridgehead atoms. The van der Waals surface area contributed by atoms with Gasteiger partial charge in [-0.15, -0.1) is 10.2 Å². The van der Waals surface area contributed by atoms with Crippen molar-refractivity contribution in [1.29, 1.82) is 0 Å². The van der Waals surface area contributed by atoms with Crippen molar-refractivity contribution >= 4 is 17.4 Å². The third kappa shape index (κ3) is 6.05. The van der Waals surface area contributed by atoms with E-state index in [2.05, 4.69) is 28.6 Å². The summed E-state index contributed by atoms with van der Waals surface area (Å²) in [7, 11) is 0. The number of rotatable bonds is 10. The second kappa shape index (κ2) is 10.1. The zero-order chi connectivity index (χ0) is 20.6. The van der Waals surface area contributed by atoms with E-state index in [1.54, 1.807) is 12.1 Å². The van der Waals surface area contributed by atoms with Gasteiger partial charge in [-0.1, -0.05) is 55.9 Å². The Morgan fingerprint density at radius 3 is 2.66 bits per heavy atom. The van der Waals surface area contributed by atoms with Crippen molar-refractivity contribution in [3.05, 3.63) is 76.1 Å². The lowest BCUT2D eigenvalue weighted by Crippen LogP contribution is -2.10. The predicted molar refractivity (Wildman–Crippen MR) is 113 cm³/mol. The highest BCUT2D eigenvalue weighted by atomic mass is 32.2. The molecule has 8 heteroatoms. The van der Waals surface area contributed by atoms with Gasteiger partial charge in [0.05, 0.1) is 4.92 Å². The number of aromatic nitrogens is 3. The second-order valence-corrected chi connectivity index (χ2v) is 7.99. The van der Waals surface area contributed by atoms with Crippen LogP contribution in [-0.2, 0) is 18.9 Å². The summed E-state index contributed by atoms with van der Waals surface area (Å²) in [6.45, 7) is 5.50. The molecule has 152 valence electrons. The van der Waals surface area contributed by atoms with Crippen LogP contribution >= 0.6 is 11.8 Å². The number of nitrogens with zero attached hydrogens (tertiary/aromatic N) is 4. The molecule has 0 unspecified atom stereocenters. The topological polar surface area (TPSA) is 83.1 Å². The standard InChI is InChI=1S/C21H24N4O3S/c1-16(2)11-12-24-20(14-28-19-9-4-3-5-10-19)22-23-21(24)29-15-17-7-6-8-18(13-17)25(26)27/h3-10,13,16H,11-12,14-15H2,1-2H3. The number of non-ortho nitro benzene ring substituents is 1. The van der Waals surface area contributed by atoms with Gasteiger partial charge in [-0.3, -0.25) is 10.1 Å². The van der Waals surface area contributed by atoms with E-state index in [1.807, 2.05) is 36.4 Å². The van der Waals surface area contributed by atoms with Crippen molar-refractivity contribution in [2.45, 2.75) is 44.3 Å². The summed E-state index contributed by atoms with van der Waals surface area (Å²) >= 11 is 1.53. The molecule has 0 saturated carbocycles. The van der Waals surface area contributed by atoms with E-state index >= 15 is 0 Å². The van der Waals surface area contributed by atoms with Crippen molar-refractivity contribution in [1.82, 2.24) is 14.8 Å². The van der Waals surface area contributed by atoms with Gasteiger partial charge in [0.1, 0.15) is 12.4 Å². The van der Waals surface area contributed by atoms with Crippen LogP contribution in [-0.4, -0.2) is 19.7 Å². The summed E-state index contributed by atoms with van der Waals surface area (Å²) in [5.41, 5.74) is 0.978. The van der Waals surface area contributed by atoms with E-state index in [4.69, 9.17) is 4.74 Å². The van der Waals surface area contributed by atoms with E-state index in [-0.39, 0.29) is 10.6 Å². The highest BCUT2D eigenvalue weighted by Crippen LogP contribution is 2.25. The third-order valence-corrected chi connectivity index (χ3v) is 5.36. The van der Waals surface area contributed by atoms with E-state index in [1.165, 1.54) is 17.8 Å². The Balaban J connectivity index is 1.72. The maximum Gasteiger partial charge on any atom is 0.269 e. The number of para-hydroxylation sites is 1. The van der Waals surface area contributed by atoms with Gasteiger partial charge in [0.15, 0.2) is 11.0 Å². The summed E-state index contributed by atoms with van der Waals surface area (Å²) in [5.74, 6) is 2.70. The highest BCUT2D eigenvalue weighted by Gasteiger charge is 2.15. The van der Waals surface area contributed by atoms with Crippen LogP contribution in [0.4, 0.5) is 5.69 Å². The highest BCUT2D eigenvalue weighted by molar-refractivity contribution is 7.98. The molecule has 0 aliphatic carbocycles. The molecule has 2 aromatic carbocycles. The quantitative estimate of drug-likeness (QED) is 0.262. The maximum absolute atomic E-state index is 11.0. The monoisotopic (exact) mass is 412 g/mol. The predicted octanol–water partition coefficient (Wildman–Crippen LogP) is 5.10. The van der Waals surface area contributed by atoms with Crippen LogP contribution in [0, 0.1) is 16.0 Å². The molecule has 0 atom stereocenters. The van der Waals surface area contributed by atoms with Gasteiger partial charge in [0.2, 0.25) is 0 Å². The molecular formula is C21H24N4O3S. The normalized spacial score (nSPS) is 11.0. The molecule has 1 aromatic heterocycles. The van der Waals surface area contributed by atoms with Crippen molar-refractivity contribution in [2.75, 3.05) is 0 Å². The van der Waals surface area contributed by atoms with Gasteiger partial charge in [0, 0.05) is 24.4 Å². The minimum Gasteiger partial charge on any atom is -0.486 e. The first-order valence-electron chi connectivity index (χ1n) is 9.49. The first-order chi connectivity index (χ1) is 14.0. The van der Waals surface area contributed by atoms with Gasteiger partial charge < -0.3 is 9.30 Å². The molecule has 0 fully saturated rings. The van der Waals surface area contributed by atoms with Gasteiger partial charge in [0.25, 0.3) is 5.69 Å². The molecule has 3 aromatic rings. The van der Waals surface area contributed by atoms with Crippen molar-refractivity contribution in [2.24, 2.45) is 5.92 Å². The molecule has 0 aliphatic heterocycles. The van der Waals surface area contributed by atoms with E-state index in [9.17, 15) is 10.1 Å². The first-order valence-corrected chi connectivity index (χ1v) is 10.5. The van der Waals surface area contributed by atoms with Gasteiger partial charge in [-0.2, -0.15) is 0 Å². The Labute approximate surface area is 174 Å². The summed E-state index contributed by atoms with van der Waals surface area (Å²) in [6.07, 6.45) is 1.00. The van der Waals surface area contributed by atoms with Crippen molar-refractivity contribution < 1.29 is 9.66 Å². The SMILES string of the molecule is CC(C)CCn1c(COc2ccccc2)nnc1SCc1cccc([N+](=O)[O-])c1. The number of nitro benzene ring substituents is 1. The molecule has 0 saturated heterocycles. The maximum atomic E-state index is 11.0. The minimum atomic E-state index is -0.377. The summed E-state index contributed by atoms with van der Waals surface area (Å²) in [6, 6.07) is 16.3. The lowest BCUT2D eigenvalue weighted by atomic mass is 10.1. The van der Waals surface area contributed by atoms with E-state index < -0.39 is 0 Å². The molecule has 7 nitrogen and oxygen atoms in total. The lowest BCUT2D eigenvalue weighted by Gasteiger charge is -2.12. The molecule has 29 heavy (non-hydrogen) atoms. The van der Waals surface area contributed by atoms with E-state index in [0.29, 0.717) is 18.3 Å². The Hall–Kier alpha value is -2.87. The fraction of sp³-hybridized carbons (Fsp3) is 0.333. The van der Waals surface area contributed by atoms with Crippen molar-refractivity contribution in [3.63, 3.8) is 0 Å². The largest absolute Gasteiger partial charge is 0.486 e. The number of ether oxygens (including phenoxy) is 1. The molecule has 0 amide bonds.